The zero-order valence-electron chi connectivity index (χ0n) is 15.1. The number of carbonyl (C=O) groups is 2. The first kappa shape index (κ1) is 16.8. The van der Waals surface area contributed by atoms with Crippen molar-refractivity contribution in [1.29, 1.82) is 0 Å². The minimum atomic E-state index is -0.236. The molecule has 2 fully saturated rings. The van der Waals surface area contributed by atoms with Gasteiger partial charge in [0.25, 0.3) is 0 Å². The smallest absolute Gasteiger partial charge is 0.317 e. The van der Waals surface area contributed by atoms with Crippen LogP contribution in [0.1, 0.15) is 17.0 Å². The molecule has 8 nitrogen and oxygen atoms in total. The summed E-state index contributed by atoms with van der Waals surface area (Å²) in [6.45, 7) is 7.78. The van der Waals surface area contributed by atoms with Crippen molar-refractivity contribution in [2.24, 2.45) is 0 Å². The van der Waals surface area contributed by atoms with Crippen molar-refractivity contribution >= 4 is 23.0 Å². The van der Waals surface area contributed by atoms with Crippen LogP contribution < -0.4 is 10.6 Å². The maximum Gasteiger partial charge on any atom is 0.317 e. The van der Waals surface area contributed by atoms with Gasteiger partial charge in [-0.25, -0.2) is 9.78 Å². The van der Waals surface area contributed by atoms with Gasteiger partial charge in [-0.05, 0) is 31.0 Å². The zero-order valence-corrected chi connectivity index (χ0v) is 15.1. The molecule has 26 heavy (non-hydrogen) atoms. The number of aryl methyl sites for hydroxylation is 2. The molecule has 0 aliphatic carbocycles. The number of fused-ring (bicyclic) bond motifs is 2. The number of hydrogen-bond acceptors (Lipinski definition) is 4. The largest absolute Gasteiger partial charge is 0.353 e. The SMILES string of the molecule is Cc1ccc2[nH]c(CNC(=O)N3CCN4CCNC(=O)C4C3)nc2c1C. The number of urea groups is 1. The number of amides is 3. The molecule has 1 atom stereocenters. The van der Waals surface area contributed by atoms with Crippen LogP contribution in [0.5, 0.6) is 0 Å². The standard InChI is InChI=1S/C18H24N6O2/c1-11-3-4-13-16(12(11)2)22-15(21-13)9-20-18(26)24-8-7-23-6-5-19-17(25)14(23)10-24/h3-4,14H,5-10H2,1-2H3,(H,19,25)(H,20,26)(H,21,22). The third-order valence-corrected chi connectivity index (χ3v) is 5.41. The summed E-state index contributed by atoms with van der Waals surface area (Å²) in [7, 11) is 0. The van der Waals surface area contributed by atoms with Gasteiger partial charge in [0.2, 0.25) is 5.91 Å². The molecule has 3 amide bonds. The Labute approximate surface area is 151 Å². The fourth-order valence-electron chi connectivity index (χ4n) is 3.68. The zero-order chi connectivity index (χ0) is 18.3. The Bertz CT molecular complexity index is 861. The summed E-state index contributed by atoms with van der Waals surface area (Å²) in [5, 5.41) is 5.79. The van der Waals surface area contributed by atoms with E-state index in [1.165, 1.54) is 5.56 Å². The number of rotatable bonds is 2. The Hall–Kier alpha value is -2.61. The second kappa shape index (κ2) is 6.60. The van der Waals surface area contributed by atoms with Crippen molar-refractivity contribution in [1.82, 2.24) is 30.4 Å². The Balaban J connectivity index is 1.39. The number of hydrogen-bond donors (Lipinski definition) is 3. The molecular weight excluding hydrogens is 332 g/mol. The maximum atomic E-state index is 12.5. The second-order valence-electron chi connectivity index (χ2n) is 7.03. The molecule has 2 aliphatic rings. The van der Waals surface area contributed by atoms with E-state index >= 15 is 0 Å². The molecule has 3 N–H and O–H groups in total. The van der Waals surface area contributed by atoms with Crippen LogP contribution in [0.3, 0.4) is 0 Å². The summed E-state index contributed by atoms with van der Waals surface area (Å²) in [4.78, 5) is 36.2. The maximum absolute atomic E-state index is 12.5. The van der Waals surface area contributed by atoms with Gasteiger partial charge in [0.05, 0.1) is 17.6 Å². The van der Waals surface area contributed by atoms with Crippen LogP contribution in [0.2, 0.25) is 0 Å². The Morgan fingerprint density at radius 1 is 1.31 bits per heavy atom. The third kappa shape index (κ3) is 3.01. The minimum absolute atomic E-state index is 0.0110. The van der Waals surface area contributed by atoms with E-state index in [9.17, 15) is 9.59 Å². The average Bonchev–Trinajstić information content (AvgIpc) is 3.07. The summed E-state index contributed by atoms with van der Waals surface area (Å²) in [6, 6.07) is 3.68. The Morgan fingerprint density at radius 2 is 2.15 bits per heavy atom. The molecule has 138 valence electrons. The normalized spacial score (nSPS) is 20.8. The highest BCUT2D eigenvalue weighted by Gasteiger charge is 2.36. The molecule has 2 aliphatic heterocycles. The fourth-order valence-corrected chi connectivity index (χ4v) is 3.68. The molecule has 0 bridgehead atoms. The number of nitrogens with zero attached hydrogens (tertiary/aromatic N) is 3. The highest BCUT2D eigenvalue weighted by molar-refractivity contribution is 5.84. The van der Waals surface area contributed by atoms with Crippen LogP contribution in [0.15, 0.2) is 12.1 Å². The van der Waals surface area contributed by atoms with Gasteiger partial charge in [0, 0.05) is 32.7 Å². The van der Waals surface area contributed by atoms with E-state index in [2.05, 4.69) is 45.4 Å². The topological polar surface area (TPSA) is 93.4 Å². The number of aromatic amines is 1. The van der Waals surface area contributed by atoms with Gasteiger partial charge < -0.3 is 20.5 Å². The summed E-state index contributed by atoms with van der Waals surface area (Å²) < 4.78 is 0. The Morgan fingerprint density at radius 3 is 3.00 bits per heavy atom. The number of piperazine rings is 2. The predicted octanol–water partition coefficient (Wildman–Crippen LogP) is 0.505. The monoisotopic (exact) mass is 356 g/mol. The van der Waals surface area contributed by atoms with Crippen molar-refractivity contribution in [3.63, 3.8) is 0 Å². The fraction of sp³-hybridized carbons (Fsp3) is 0.500. The van der Waals surface area contributed by atoms with Gasteiger partial charge in [-0.1, -0.05) is 6.07 Å². The van der Waals surface area contributed by atoms with Crippen molar-refractivity contribution in [3.8, 4) is 0 Å². The average molecular weight is 356 g/mol. The molecule has 3 heterocycles. The molecule has 2 aromatic rings. The van der Waals surface area contributed by atoms with Crippen LogP contribution >= 0.6 is 0 Å². The van der Waals surface area contributed by atoms with Gasteiger partial charge in [0.1, 0.15) is 11.9 Å². The van der Waals surface area contributed by atoms with E-state index in [0.29, 0.717) is 26.2 Å². The van der Waals surface area contributed by atoms with E-state index in [-0.39, 0.29) is 18.0 Å². The van der Waals surface area contributed by atoms with Gasteiger partial charge in [0.15, 0.2) is 0 Å². The van der Waals surface area contributed by atoms with Crippen LogP contribution in [0.25, 0.3) is 11.0 Å². The van der Waals surface area contributed by atoms with Crippen LogP contribution in [0.4, 0.5) is 4.79 Å². The van der Waals surface area contributed by atoms with Crippen LogP contribution in [-0.2, 0) is 11.3 Å². The first-order valence-corrected chi connectivity index (χ1v) is 9.02. The highest BCUT2D eigenvalue weighted by Crippen LogP contribution is 2.19. The first-order chi connectivity index (χ1) is 12.5. The molecule has 2 saturated heterocycles. The lowest BCUT2D eigenvalue weighted by atomic mass is 10.1. The third-order valence-electron chi connectivity index (χ3n) is 5.41. The molecular formula is C18H24N6O2. The van der Waals surface area contributed by atoms with E-state index in [4.69, 9.17) is 0 Å². The van der Waals surface area contributed by atoms with Crippen molar-refractivity contribution in [2.45, 2.75) is 26.4 Å². The van der Waals surface area contributed by atoms with Gasteiger partial charge in [-0.3, -0.25) is 9.69 Å². The summed E-state index contributed by atoms with van der Waals surface area (Å²) >= 11 is 0. The molecule has 0 saturated carbocycles. The Kier molecular flexibility index (Phi) is 4.28. The van der Waals surface area contributed by atoms with E-state index in [1.807, 2.05) is 6.07 Å². The summed E-state index contributed by atoms with van der Waals surface area (Å²) in [5.41, 5.74) is 4.27. The van der Waals surface area contributed by atoms with Crippen molar-refractivity contribution in [3.05, 3.63) is 29.1 Å². The number of aromatic nitrogens is 2. The van der Waals surface area contributed by atoms with E-state index in [0.717, 1.165) is 35.5 Å². The number of benzene rings is 1. The summed E-state index contributed by atoms with van der Waals surface area (Å²) in [6.07, 6.45) is 0. The van der Waals surface area contributed by atoms with Crippen molar-refractivity contribution in [2.75, 3.05) is 32.7 Å². The van der Waals surface area contributed by atoms with Gasteiger partial charge in [-0.15, -0.1) is 0 Å². The minimum Gasteiger partial charge on any atom is -0.353 e. The second-order valence-corrected chi connectivity index (χ2v) is 7.03. The van der Waals surface area contributed by atoms with E-state index in [1.54, 1.807) is 4.90 Å². The number of carbonyl (C=O) groups excluding carboxylic acids is 2. The number of nitrogens with one attached hydrogen (secondary N) is 3. The number of H-pyrrole nitrogens is 1. The van der Waals surface area contributed by atoms with Crippen LogP contribution in [0, 0.1) is 13.8 Å². The van der Waals surface area contributed by atoms with Gasteiger partial charge in [-0.2, -0.15) is 0 Å². The lowest BCUT2D eigenvalue weighted by molar-refractivity contribution is -0.131. The lowest BCUT2D eigenvalue weighted by Gasteiger charge is -2.42. The molecule has 1 aromatic carbocycles. The molecule has 0 radical (unpaired) electrons. The van der Waals surface area contributed by atoms with Crippen LogP contribution in [-0.4, -0.2) is 70.5 Å². The molecule has 0 spiro atoms. The molecule has 1 aromatic heterocycles. The lowest BCUT2D eigenvalue weighted by Crippen LogP contribution is -2.65. The number of imidazole rings is 1. The van der Waals surface area contributed by atoms with Gasteiger partial charge >= 0.3 is 6.03 Å². The molecule has 8 heteroatoms. The van der Waals surface area contributed by atoms with E-state index < -0.39 is 0 Å². The quantitative estimate of drug-likeness (QED) is 0.731. The summed E-state index contributed by atoms with van der Waals surface area (Å²) in [5.74, 6) is 0.743. The molecule has 1 unspecified atom stereocenters. The first-order valence-electron chi connectivity index (χ1n) is 9.02. The molecule has 4 rings (SSSR count). The predicted molar refractivity (Wildman–Crippen MR) is 97.7 cm³/mol. The van der Waals surface area contributed by atoms with Crippen molar-refractivity contribution < 1.29 is 9.59 Å². The highest BCUT2D eigenvalue weighted by atomic mass is 16.2.